The van der Waals surface area contributed by atoms with Gasteiger partial charge in [-0.3, -0.25) is 4.79 Å². The van der Waals surface area contributed by atoms with Gasteiger partial charge in [0.25, 0.3) is 0 Å². The lowest BCUT2D eigenvalue weighted by atomic mass is 10.1. The summed E-state index contributed by atoms with van der Waals surface area (Å²) in [5, 5.41) is 2.97. The molecule has 1 aliphatic rings. The van der Waals surface area contributed by atoms with Gasteiger partial charge >= 0.3 is 5.97 Å². The number of ether oxygens (including phenoxy) is 1. The summed E-state index contributed by atoms with van der Waals surface area (Å²) in [6, 6.07) is 8.71. The molecule has 26 heavy (non-hydrogen) atoms. The monoisotopic (exact) mass is 393 g/mol. The Labute approximate surface area is 156 Å². The van der Waals surface area contributed by atoms with Crippen molar-refractivity contribution >= 4 is 38.1 Å². The van der Waals surface area contributed by atoms with Gasteiger partial charge in [-0.05, 0) is 30.4 Å². The van der Waals surface area contributed by atoms with Crippen molar-refractivity contribution in [1.29, 1.82) is 0 Å². The van der Waals surface area contributed by atoms with Gasteiger partial charge in [0.15, 0.2) is 9.84 Å². The molecule has 0 aliphatic heterocycles. The average molecular weight is 393 g/mol. The lowest BCUT2D eigenvalue weighted by Gasteiger charge is -2.08. The molecule has 0 saturated carbocycles. The van der Waals surface area contributed by atoms with Gasteiger partial charge in [-0.1, -0.05) is 30.3 Å². The van der Waals surface area contributed by atoms with Crippen molar-refractivity contribution in [3.63, 3.8) is 0 Å². The number of carbonyl (C=O) groups excluding carboxylic acids is 2. The molecule has 1 aromatic carbocycles. The highest BCUT2D eigenvalue weighted by atomic mass is 32.2. The van der Waals surface area contributed by atoms with E-state index in [9.17, 15) is 18.0 Å². The number of esters is 1. The molecule has 6 nitrogen and oxygen atoms in total. The van der Waals surface area contributed by atoms with E-state index in [0.717, 1.165) is 29.7 Å². The van der Waals surface area contributed by atoms with Crippen molar-refractivity contribution < 1.29 is 22.7 Å². The highest BCUT2D eigenvalue weighted by Crippen LogP contribution is 2.39. The summed E-state index contributed by atoms with van der Waals surface area (Å²) in [5.41, 5.74) is 1.90. The van der Waals surface area contributed by atoms with Crippen LogP contribution in [0.2, 0.25) is 0 Å². The molecular weight excluding hydrogens is 374 g/mol. The van der Waals surface area contributed by atoms with E-state index in [1.54, 1.807) is 30.3 Å². The summed E-state index contributed by atoms with van der Waals surface area (Å²) >= 11 is 1.32. The number of sulfone groups is 1. The van der Waals surface area contributed by atoms with Crippen LogP contribution in [0, 0.1) is 0 Å². The van der Waals surface area contributed by atoms with Crippen LogP contribution in [0.15, 0.2) is 30.3 Å². The summed E-state index contributed by atoms with van der Waals surface area (Å²) in [6.07, 6.45) is 2.58. The first kappa shape index (κ1) is 18.6. The summed E-state index contributed by atoms with van der Waals surface area (Å²) in [5.74, 6) is -1.99. The second-order valence-corrected chi connectivity index (χ2v) is 9.29. The van der Waals surface area contributed by atoms with Crippen molar-refractivity contribution in [3.05, 3.63) is 51.9 Å². The van der Waals surface area contributed by atoms with Crippen LogP contribution in [0.3, 0.4) is 0 Å². The third-order valence-corrected chi connectivity index (χ3v) is 6.83. The molecule has 1 aliphatic carbocycles. The number of amides is 1. The van der Waals surface area contributed by atoms with Crippen LogP contribution in [0.25, 0.3) is 0 Å². The maximum absolute atomic E-state index is 12.3. The average Bonchev–Trinajstić information content (AvgIpc) is 3.14. The Hall–Kier alpha value is -2.19. The van der Waals surface area contributed by atoms with E-state index in [1.807, 2.05) is 0 Å². The van der Waals surface area contributed by atoms with Gasteiger partial charge in [-0.15, -0.1) is 11.3 Å². The van der Waals surface area contributed by atoms with Crippen LogP contribution in [-0.4, -0.2) is 33.2 Å². The lowest BCUT2D eigenvalue weighted by molar-refractivity contribution is -0.113. The molecule has 1 aromatic heterocycles. The quantitative estimate of drug-likeness (QED) is 0.762. The minimum atomic E-state index is -3.61. The van der Waals surface area contributed by atoms with Crippen molar-refractivity contribution in [3.8, 4) is 0 Å². The first-order valence-corrected chi connectivity index (χ1v) is 10.8. The Bertz CT molecular complexity index is 932. The van der Waals surface area contributed by atoms with Gasteiger partial charge in [-0.25, -0.2) is 13.2 Å². The van der Waals surface area contributed by atoms with Crippen molar-refractivity contribution in [2.24, 2.45) is 0 Å². The van der Waals surface area contributed by atoms with Crippen molar-refractivity contribution in [2.45, 2.75) is 25.0 Å². The largest absolute Gasteiger partial charge is 0.465 e. The van der Waals surface area contributed by atoms with Gasteiger partial charge in [0, 0.05) is 4.88 Å². The molecule has 1 amide bonds. The lowest BCUT2D eigenvalue weighted by Crippen LogP contribution is -2.24. The van der Waals surface area contributed by atoms with E-state index in [4.69, 9.17) is 4.74 Å². The van der Waals surface area contributed by atoms with E-state index in [-0.39, 0.29) is 5.75 Å². The Morgan fingerprint density at radius 1 is 1.19 bits per heavy atom. The molecule has 8 heteroatoms. The molecule has 0 spiro atoms. The number of thiophene rings is 1. The number of hydrogen-bond donors (Lipinski definition) is 1. The molecule has 1 heterocycles. The smallest absolute Gasteiger partial charge is 0.341 e. The maximum atomic E-state index is 12.3. The predicted molar refractivity (Wildman–Crippen MR) is 100 cm³/mol. The highest BCUT2D eigenvalue weighted by molar-refractivity contribution is 7.91. The number of carbonyl (C=O) groups is 2. The topological polar surface area (TPSA) is 89.5 Å². The third-order valence-electron chi connectivity index (χ3n) is 4.14. The van der Waals surface area contributed by atoms with Gasteiger partial charge < -0.3 is 10.1 Å². The molecule has 2 aromatic rings. The standard InChI is InChI=1S/C18H19NO5S2/c1-24-18(21)16-13-8-5-9-14(13)25-17(16)19-15(20)11-26(22,23)10-12-6-3-2-4-7-12/h2-4,6-7H,5,8-11H2,1H3,(H,19,20). The van der Waals surface area contributed by atoms with E-state index in [2.05, 4.69) is 5.32 Å². The third kappa shape index (κ3) is 4.13. The van der Waals surface area contributed by atoms with Crippen LogP contribution in [0.1, 0.15) is 32.8 Å². The van der Waals surface area contributed by atoms with Crippen LogP contribution in [0.4, 0.5) is 5.00 Å². The zero-order chi connectivity index (χ0) is 18.7. The fourth-order valence-electron chi connectivity index (χ4n) is 3.05. The number of anilines is 1. The van der Waals surface area contributed by atoms with Crippen LogP contribution in [-0.2, 0) is 38.0 Å². The Kier molecular flexibility index (Phi) is 5.43. The van der Waals surface area contributed by atoms with Gasteiger partial charge in [-0.2, -0.15) is 0 Å². The molecule has 1 N–H and O–H groups in total. The zero-order valence-electron chi connectivity index (χ0n) is 14.3. The molecule has 3 rings (SSSR count). The number of rotatable bonds is 6. The SMILES string of the molecule is COC(=O)c1c(NC(=O)CS(=O)(=O)Cc2ccccc2)sc2c1CCC2. The van der Waals surface area contributed by atoms with Crippen LogP contribution >= 0.6 is 11.3 Å². The number of fused-ring (bicyclic) bond motifs is 1. The molecule has 0 bridgehead atoms. The fourth-order valence-corrected chi connectivity index (χ4v) is 5.62. The number of aryl methyl sites for hydroxylation is 1. The van der Waals surface area contributed by atoms with E-state index >= 15 is 0 Å². The Morgan fingerprint density at radius 3 is 2.62 bits per heavy atom. The summed E-state index contributed by atoms with van der Waals surface area (Å²) in [6.45, 7) is 0. The normalized spacial score (nSPS) is 13.3. The number of benzene rings is 1. The van der Waals surface area contributed by atoms with E-state index in [1.165, 1.54) is 18.4 Å². The second kappa shape index (κ2) is 7.59. The minimum absolute atomic E-state index is 0.202. The Morgan fingerprint density at radius 2 is 1.92 bits per heavy atom. The van der Waals surface area contributed by atoms with Crippen molar-refractivity contribution in [1.82, 2.24) is 0 Å². The van der Waals surface area contributed by atoms with Gasteiger partial charge in [0.1, 0.15) is 10.8 Å². The number of methoxy groups -OCH3 is 1. The molecule has 0 atom stereocenters. The molecule has 138 valence electrons. The van der Waals surface area contributed by atoms with E-state index < -0.39 is 27.5 Å². The summed E-state index contributed by atoms with van der Waals surface area (Å²) in [7, 11) is -2.32. The van der Waals surface area contributed by atoms with Crippen molar-refractivity contribution in [2.75, 3.05) is 18.2 Å². The van der Waals surface area contributed by atoms with Crippen LogP contribution < -0.4 is 5.32 Å². The predicted octanol–water partition coefficient (Wildman–Crippen LogP) is 2.58. The molecule has 0 radical (unpaired) electrons. The summed E-state index contributed by atoms with van der Waals surface area (Å²) < 4.78 is 29.4. The first-order valence-electron chi connectivity index (χ1n) is 8.16. The van der Waals surface area contributed by atoms with Gasteiger partial charge in [0.05, 0.1) is 18.4 Å². The molecule has 0 unspecified atom stereocenters. The first-order chi connectivity index (χ1) is 12.4. The molecular formula is C18H19NO5S2. The van der Waals surface area contributed by atoms with Crippen LogP contribution in [0.5, 0.6) is 0 Å². The minimum Gasteiger partial charge on any atom is -0.465 e. The van der Waals surface area contributed by atoms with Gasteiger partial charge in [0.2, 0.25) is 5.91 Å². The van der Waals surface area contributed by atoms with E-state index in [0.29, 0.717) is 16.1 Å². The Balaban J connectivity index is 1.73. The molecule has 0 saturated heterocycles. The molecule has 0 fully saturated rings. The number of nitrogens with one attached hydrogen (secondary N) is 1. The second-order valence-electron chi connectivity index (χ2n) is 6.12. The zero-order valence-corrected chi connectivity index (χ0v) is 15.9. The fraction of sp³-hybridized carbons (Fsp3) is 0.333. The highest BCUT2D eigenvalue weighted by Gasteiger charge is 2.28. The maximum Gasteiger partial charge on any atom is 0.341 e. The summed E-state index contributed by atoms with van der Waals surface area (Å²) in [4.78, 5) is 25.4. The number of hydrogen-bond acceptors (Lipinski definition) is 6.